The number of allylic oxidation sites excluding steroid dienone is 2. The molecule has 0 spiro atoms. The van der Waals surface area contributed by atoms with Crippen molar-refractivity contribution in [3.8, 4) is 0 Å². The first-order chi connectivity index (χ1) is 20.2. The topological polar surface area (TPSA) is 139 Å². The Bertz CT molecular complexity index is 1040. The Morgan fingerprint density at radius 3 is 2.63 bits per heavy atom. The third kappa shape index (κ3) is 9.45. The molecule has 0 amide bonds. The number of carbonyl (C=O) groups excluding carboxylic acids is 2. The fourth-order valence-electron chi connectivity index (χ4n) is 6.42. The number of carbonyl (C=O) groups is 2. The zero-order valence-electron chi connectivity index (χ0n) is 27.2. The number of hydrogen-bond donors (Lipinski definition) is 4. The average Bonchev–Trinajstić information content (AvgIpc) is 3.73. The van der Waals surface area contributed by atoms with Gasteiger partial charge in [0.2, 0.25) is 0 Å². The second-order valence-electron chi connectivity index (χ2n) is 13.0. The van der Waals surface area contributed by atoms with Gasteiger partial charge in [-0.15, -0.1) is 0 Å². The molecular weight excluding hydrogens is 552 g/mol. The molecule has 2 saturated heterocycles. The van der Waals surface area contributed by atoms with Crippen LogP contribution in [0.4, 0.5) is 0 Å². The van der Waals surface area contributed by atoms with Crippen LogP contribution in [0, 0.1) is 11.8 Å². The first-order valence-corrected chi connectivity index (χ1v) is 15.7. The number of nitrogens with one attached hydrogen (secondary N) is 2. The van der Waals surface area contributed by atoms with Gasteiger partial charge in [0.15, 0.2) is 0 Å². The second kappa shape index (κ2) is 15.3. The van der Waals surface area contributed by atoms with Crippen LogP contribution in [0.2, 0.25) is 0 Å². The van der Waals surface area contributed by atoms with Gasteiger partial charge in [0.05, 0.1) is 36.3 Å². The molecule has 2 unspecified atom stereocenters. The Hall–Kier alpha value is -2.08. The lowest BCUT2D eigenvalue weighted by Gasteiger charge is -2.41. The van der Waals surface area contributed by atoms with Gasteiger partial charge < -0.3 is 39.8 Å². The van der Waals surface area contributed by atoms with Gasteiger partial charge in [-0.1, -0.05) is 45.1 Å². The number of ether oxygens (including phenoxy) is 4. The number of aliphatic hydroxyl groups excluding tert-OH is 1. The molecule has 10 heteroatoms. The summed E-state index contributed by atoms with van der Waals surface area (Å²) in [5.74, 6) is -1.04. The molecule has 3 aliphatic heterocycles. The zero-order valence-corrected chi connectivity index (χ0v) is 27.2. The van der Waals surface area contributed by atoms with Gasteiger partial charge in [-0.2, -0.15) is 0 Å². The van der Waals surface area contributed by atoms with Gasteiger partial charge >= 0.3 is 11.9 Å². The fourth-order valence-corrected chi connectivity index (χ4v) is 6.42. The summed E-state index contributed by atoms with van der Waals surface area (Å²) in [5, 5.41) is 28.8. The average molecular weight is 607 g/mol. The molecular formula is C33H54N2O8. The van der Waals surface area contributed by atoms with Crippen molar-refractivity contribution >= 4 is 11.9 Å². The number of esters is 2. The van der Waals surface area contributed by atoms with Crippen LogP contribution < -0.4 is 10.6 Å². The predicted molar refractivity (Wildman–Crippen MR) is 164 cm³/mol. The Morgan fingerprint density at radius 1 is 1.26 bits per heavy atom. The lowest BCUT2D eigenvalue weighted by Crippen LogP contribution is -2.65. The van der Waals surface area contributed by atoms with E-state index in [0.29, 0.717) is 0 Å². The third-order valence-electron chi connectivity index (χ3n) is 9.21. The lowest BCUT2D eigenvalue weighted by atomic mass is 9.83. The molecule has 0 aromatic carbocycles. The van der Waals surface area contributed by atoms with E-state index in [1.807, 2.05) is 26.0 Å². The van der Waals surface area contributed by atoms with Crippen molar-refractivity contribution < 1.29 is 38.7 Å². The van der Waals surface area contributed by atoms with Crippen LogP contribution in [0.25, 0.3) is 0 Å². The Labute approximate surface area is 257 Å². The highest BCUT2D eigenvalue weighted by molar-refractivity contribution is 5.70. The lowest BCUT2D eigenvalue weighted by molar-refractivity contribution is -0.157. The summed E-state index contributed by atoms with van der Waals surface area (Å²) in [5.41, 5.74) is -0.969. The molecule has 10 nitrogen and oxygen atoms in total. The van der Waals surface area contributed by atoms with E-state index in [1.54, 1.807) is 26.2 Å². The van der Waals surface area contributed by atoms with Crippen LogP contribution in [0.3, 0.4) is 0 Å². The van der Waals surface area contributed by atoms with E-state index in [-0.39, 0.29) is 61.0 Å². The van der Waals surface area contributed by atoms with Crippen LogP contribution >= 0.6 is 0 Å². The van der Waals surface area contributed by atoms with Gasteiger partial charge in [-0.05, 0) is 51.7 Å². The van der Waals surface area contributed by atoms with Gasteiger partial charge in [0, 0.05) is 39.0 Å². The number of hydrogen-bond acceptors (Lipinski definition) is 10. The van der Waals surface area contributed by atoms with Crippen molar-refractivity contribution in [2.24, 2.45) is 11.8 Å². The predicted octanol–water partition coefficient (Wildman–Crippen LogP) is 2.97. The molecule has 4 N–H and O–H groups in total. The van der Waals surface area contributed by atoms with Crippen LogP contribution in [0.5, 0.6) is 0 Å². The molecule has 0 aromatic rings. The maximum absolute atomic E-state index is 12.8. The summed E-state index contributed by atoms with van der Waals surface area (Å²) in [6.45, 7) is 14.8. The molecule has 0 saturated carbocycles. The quantitative estimate of drug-likeness (QED) is 0.134. The van der Waals surface area contributed by atoms with E-state index >= 15 is 0 Å². The highest BCUT2D eigenvalue weighted by Gasteiger charge is 2.55. The Kier molecular flexibility index (Phi) is 12.6. The summed E-state index contributed by atoms with van der Waals surface area (Å²) < 4.78 is 23.2. The molecule has 0 bridgehead atoms. The van der Waals surface area contributed by atoms with Crippen LogP contribution in [-0.2, 0) is 28.5 Å². The number of piperazine rings is 1. The van der Waals surface area contributed by atoms with Crippen molar-refractivity contribution in [1.82, 2.24) is 10.6 Å². The molecule has 3 heterocycles. The molecule has 11 atom stereocenters. The normalized spacial score (nSPS) is 39.3. The summed E-state index contributed by atoms with van der Waals surface area (Å²) >= 11 is 0. The molecule has 2 fully saturated rings. The minimum atomic E-state index is -1.41. The van der Waals surface area contributed by atoms with Crippen molar-refractivity contribution in [2.75, 3.05) is 20.2 Å². The smallest absolute Gasteiger partial charge is 0.309 e. The molecule has 3 aliphatic rings. The zero-order chi connectivity index (χ0) is 31.9. The minimum absolute atomic E-state index is 0.0675. The number of cyclic esters (lactones) is 1. The summed E-state index contributed by atoms with van der Waals surface area (Å²) in [6, 6.07) is 0.0709. The first kappa shape index (κ1) is 35.4. The van der Waals surface area contributed by atoms with Crippen molar-refractivity contribution in [2.45, 2.75) is 128 Å². The SMILES string of the molecule is CC[C@H](OC)[C@@H](C)[C@H]1O[C@@H]1C1NCCNC1(C)C=CC=C(C)[C@H]1OC(=O)C[C@H](O)CC[C@@](C)(O)[C@@H](OC(C)=O)C=C[C@@H]1C. The summed E-state index contributed by atoms with van der Waals surface area (Å²) in [7, 11) is 1.75. The Morgan fingerprint density at radius 2 is 1.98 bits per heavy atom. The maximum Gasteiger partial charge on any atom is 0.309 e. The van der Waals surface area contributed by atoms with E-state index in [9.17, 15) is 19.8 Å². The van der Waals surface area contributed by atoms with Crippen molar-refractivity contribution in [3.63, 3.8) is 0 Å². The van der Waals surface area contributed by atoms with Gasteiger partial charge in [-0.3, -0.25) is 9.59 Å². The number of rotatable bonds is 9. The Balaban J connectivity index is 1.81. The standard InChI is InChI=1S/C33H54N2O8/c1-9-25(40-8)22(4)29-30(43-29)31-32(6,35-18-17-34-31)15-10-11-20(2)28-21(3)12-13-26(41-23(5)36)33(7,39)16-14-24(37)19-27(38)42-28/h10-13,15,21-22,24-26,28-31,34-35,37,39H,9,14,16-19H2,1-8H3/t21-,22+,24+,25-,26-,28+,29+,30-,31?,32?,33+/m0/s1. The largest absolute Gasteiger partial charge is 0.457 e. The monoisotopic (exact) mass is 606 g/mol. The molecule has 0 aromatic heterocycles. The van der Waals surface area contributed by atoms with E-state index in [0.717, 1.165) is 25.1 Å². The van der Waals surface area contributed by atoms with Crippen LogP contribution in [0.15, 0.2) is 36.0 Å². The third-order valence-corrected chi connectivity index (χ3v) is 9.21. The number of aliphatic hydroxyl groups is 2. The van der Waals surface area contributed by atoms with E-state index in [2.05, 4.69) is 37.5 Å². The highest BCUT2D eigenvalue weighted by Crippen LogP contribution is 2.39. The molecule has 0 radical (unpaired) electrons. The van der Waals surface area contributed by atoms with Gasteiger partial charge in [-0.25, -0.2) is 0 Å². The molecule has 0 aliphatic carbocycles. The van der Waals surface area contributed by atoms with E-state index in [1.165, 1.54) is 6.92 Å². The van der Waals surface area contributed by atoms with Crippen molar-refractivity contribution in [3.05, 3.63) is 36.0 Å². The molecule has 3 rings (SSSR count). The number of methoxy groups -OCH3 is 1. The first-order valence-electron chi connectivity index (χ1n) is 15.7. The highest BCUT2D eigenvalue weighted by atomic mass is 16.6. The summed E-state index contributed by atoms with van der Waals surface area (Å²) in [4.78, 5) is 24.6. The van der Waals surface area contributed by atoms with E-state index < -0.39 is 35.9 Å². The minimum Gasteiger partial charge on any atom is -0.457 e. The molecule has 244 valence electrons. The van der Waals surface area contributed by atoms with Crippen LogP contribution in [-0.4, -0.2) is 96.2 Å². The summed E-state index contributed by atoms with van der Waals surface area (Å²) in [6.07, 6.45) is 8.36. The van der Waals surface area contributed by atoms with E-state index in [4.69, 9.17) is 18.9 Å². The van der Waals surface area contributed by atoms with Gasteiger partial charge in [0.1, 0.15) is 23.9 Å². The van der Waals surface area contributed by atoms with Gasteiger partial charge in [0.25, 0.3) is 0 Å². The van der Waals surface area contributed by atoms with Crippen molar-refractivity contribution in [1.29, 1.82) is 0 Å². The molecule has 43 heavy (non-hydrogen) atoms. The number of epoxide rings is 1. The second-order valence-corrected chi connectivity index (χ2v) is 13.0. The fraction of sp³-hybridized carbons (Fsp3) is 0.758. The van der Waals surface area contributed by atoms with Crippen LogP contribution in [0.1, 0.15) is 74.1 Å². The maximum atomic E-state index is 12.8.